The fourth-order valence-corrected chi connectivity index (χ4v) is 4.13. The first-order valence-corrected chi connectivity index (χ1v) is 10.7. The number of ether oxygens (including phenoxy) is 1. The first-order chi connectivity index (χ1) is 14.7. The SMILES string of the molecule is CCOC(=O)[C@H]1CCCN(Cc2cncc(-c3ccc(-c4ccccc4)cc3)c2)C1. The molecule has 0 saturated carbocycles. The minimum Gasteiger partial charge on any atom is -0.466 e. The average molecular weight is 401 g/mol. The molecule has 4 nitrogen and oxygen atoms in total. The molecule has 1 fully saturated rings. The van der Waals surface area contributed by atoms with E-state index in [0.29, 0.717) is 6.61 Å². The Bertz CT molecular complexity index is 970. The van der Waals surface area contributed by atoms with Crippen molar-refractivity contribution in [1.29, 1.82) is 0 Å². The number of piperidine rings is 1. The lowest BCUT2D eigenvalue weighted by atomic mass is 9.97. The van der Waals surface area contributed by atoms with Crippen LogP contribution in [0.5, 0.6) is 0 Å². The number of hydrogen-bond donors (Lipinski definition) is 0. The quantitative estimate of drug-likeness (QED) is 0.534. The van der Waals surface area contributed by atoms with Gasteiger partial charge in [0.05, 0.1) is 12.5 Å². The molecule has 0 aliphatic carbocycles. The monoisotopic (exact) mass is 400 g/mol. The second-order valence-electron chi connectivity index (χ2n) is 7.85. The van der Waals surface area contributed by atoms with Crippen molar-refractivity contribution in [2.24, 2.45) is 5.92 Å². The Kier molecular flexibility index (Phi) is 6.55. The number of rotatable bonds is 6. The lowest BCUT2D eigenvalue weighted by Gasteiger charge is -2.31. The van der Waals surface area contributed by atoms with E-state index >= 15 is 0 Å². The summed E-state index contributed by atoms with van der Waals surface area (Å²) in [5, 5.41) is 0. The van der Waals surface area contributed by atoms with Crippen LogP contribution in [0, 0.1) is 5.92 Å². The normalized spacial score (nSPS) is 16.9. The predicted octanol–water partition coefficient (Wildman–Crippen LogP) is 5.19. The summed E-state index contributed by atoms with van der Waals surface area (Å²) in [6, 6.07) is 21.2. The van der Waals surface area contributed by atoms with Crippen LogP contribution in [0.4, 0.5) is 0 Å². The highest BCUT2D eigenvalue weighted by Crippen LogP contribution is 2.26. The molecule has 1 saturated heterocycles. The molecule has 154 valence electrons. The van der Waals surface area contributed by atoms with Crippen molar-refractivity contribution in [2.75, 3.05) is 19.7 Å². The lowest BCUT2D eigenvalue weighted by molar-refractivity contribution is -0.150. The van der Waals surface area contributed by atoms with Crippen LogP contribution >= 0.6 is 0 Å². The van der Waals surface area contributed by atoms with E-state index in [1.54, 1.807) is 0 Å². The number of hydrogen-bond acceptors (Lipinski definition) is 4. The Labute approximate surface area is 178 Å². The number of carbonyl (C=O) groups is 1. The van der Waals surface area contributed by atoms with Crippen LogP contribution in [-0.4, -0.2) is 35.5 Å². The van der Waals surface area contributed by atoms with Crippen molar-refractivity contribution in [2.45, 2.75) is 26.3 Å². The van der Waals surface area contributed by atoms with Crippen molar-refractivity contribution in [3.63, 3.8) is 0 Å². The van der Waals surface area contributed by atoms with E-state index in [0.717, 1.165) is 43.6 Å². The number of pyridine rings is 1. The lowest BCUT2D eigenvalue weighted by Crippen LogP contribution is -2.38. The first-order valence-electron chi connectivity index (χ1n) is 10.7. The summed E-state index contributed by atoms with van der Waals surface area (Å²) in [5.41, 5.74) is 5.88. The summed E-state index contributed by atoms with van der Waals surface area (Å²) < 4.78 is 5.22. The molecule has 1 aliphatic heterocycles. The molecule has 2 aromatic carbocycles. The van der Waals surface area contributed by atoms with Gasteiger partial charge in [-0.15, -0.1) is 0 Å². The van der Waals surface area contributed by atoms with Gasteiger partial charge in [-0.05, 0) is 54.6 Å². The molecule has 4 rings (SSSR count). The molecule has 0 spiro atoms. The minimum atomic E-state index is -0.0624. The summed E-state index contributed by atoms with van der Waals surface area (Å²) in [7, 11) is 0. The van der Waals surface area contributed by atoms with Gasteiger partial charge in [0.25, 0.3) is 0 Å². The molecule has 1 atom stereocenters. The molecule has 30 heavy (non-hydrogen) atoms. The number of aromatic nitrogens is 1. The zero-order valence-electron chi connectivity index (χ0n) is 17.5. The van der Waals surface area contributed by atoms with E-state index in [9.17, 15) is 4.79 Å². The summed E-state index contributed by atoms with van der Waals surface area (Å²) in [4.78, 5) is 18.9. The summed E-state index contributed by atoms with van der Waals surface area (Å²) in [5.74, 6) is -0.0760. The maximum atomic E-state index is 12.1. The molecule has 0 bridgehead atoms. The Balaban J connectivity index is 1.44. The number of esters is 1. The molecule has 4 heteroatoms. The van der Waals surface area contributed by atoms with Gasteiger partial charge in [-0.1, -0.05) is 54.6 Å². The molecule has 1 aromatic heterocycles. The van der Waals surface area contributed by atoms with Crippen LogP contribution in [0.1, 0.15) is 25.3 Å². The van der Waals surface area contributed by atoms with Gasteiger partial charge in [0, 0.05) is 31.0 Å². The number of likely N-dealkylation sites (tertiary alicyclic amines) is 1. The predicted molar refractivity (Wildman–Crippen MR) is 120 cm³/mol. The second kappa shape index (κ2) is 9.68. The maximum Gasteiger partial charge on any atom is 0.310 e. The molecule has 0 amide bonds. The van der Waals surface area contributed by atoms with Gasteiger partial charge in [-0.25, -0.2) is 0 Å². The minimum absolute atomic E-state index is 0.0135. The van der Waals surface area contributed by atoms with Gasteiger partial charge < -0.3 is 4.74 Å². The van der Waals surface area contributed by atoms with E-state index in [2.05, 4.69) is 64.5 Å². The van der Waals surface area contributed by atoms with Crippen LogP contribution in [-0.2, 0) is 16.1 Å². The first kappa shape index (κ1) is 20.3. The van der Waals surface area contributed by atoms with Crippen LogP contribution in [0.3, 0.4) is 0 Å². The summed E-state index contributed by atoms with van der Waals surface area (Å²) >= 11 is 0. The van der Waals surface area contributed by atoms with Gasteiger partial charge in [-0.3, -0.25) is 14.7 Å². The Hall–Kier alpha value is -2.98. The van der Waals surface area contributed by atoms with Crippen molar-refractivity contribution in [1.82, 2.24) is 9.88 Å². The van der Waals surface area contributed by atoms with Crippen LogP contribution in [0.2, 0.25) is 0 Å². The van der Waals surface area contributed by atoms with Crippen molar-refractivity contribution >= 4 is 5.97 Å². The zero-order valence-corrected chi connectivity index (χ0v) is 17.5. The highest BCUT2D eigenvalue weighted by molar-refractivity contribution is 5.73. The number of carbonyl (C=O) groups excluding carboxylic acids is 1. The molecular weight excluding hydrogens is 372 g/mol. The fraction of sp³-hybridized carbons (Fsp3) is 0.308. The summed E-state index contributed by atoms with van der Waals surface area (Å²) in [6.45, 7) is 4.88. The molecule has 0 unspecified atom stereocenters. The van der Waals surface area contributed by atoms with E-state index in [-0.39, 0.29) is 11.9 Å². The van der Waals surface area contributed by atoms with E-state index < -0.39 is 0 Å². The van der Waals surface area contributed by atoms with Crippen molar-refractivity contribution in [3.05, 3.63) is 78.6 Å². The standard InChI is InChI=1S/C26H28N2O2/c1-2-30-26(29)24-9-6-14-28(19-24)18-20-15-25(17-27-16-20)23-12-10-22(11-13-23)21-7-4-3-5-8-21/h3-5,7-8,10-13,15-17,24H,2,6,9,14,18-19H2,1H3/t24-/m0/s1. The molecule has 3 aromatic rings. The molecule has 1 aliphatic rings. The maximum absolute atomic E-state index is 12.1. The van der Waals surface area contributed by atoms with Crippen molar-refractivity contribution < 1.29 is 9.53 Å². The third-order valence-corrected chi connectivity index (χ3v) is 5.65. The third kappa shape index (κ3) is 4.95. The fourth-order valence-electron chi connectivity index (χ4n) is 4.13. The van der Waals surface area contributed by atoms with Gasteiger partial charge in [0.2, 0.25) is 0 Å². The van der Waals surface area contributed by atoms with Crippen LogP contribution in [0.25, 0.3) is 22.3 Å². The molecule has 2 heterocycles. The molecule has 0 N–H and O–H groups in total. The number of benzene rings is 2. The Morgan fingerprint density at radius 1 is 1.00 bits per heavy atom. The van der Waals surface area contributed by atoms with Crippen molar-refractivity contribution in [3.8, 4) is 22.3 Å². The van der Waals surface area contributed by atoms with Gasteiger partial charge in [0.1, 0.15) is 0 Å². The third-order valence-electron chi connectivity index (χ3n) is 5.65. The van der Waals surface area contributed by atoms with Crippen LogP contribution < -0.4 is 0 Å². The van der Waals surface area contributed by atoms with E-state index in [4.69, 9.17) is 4.74 Å². The molecule has 0 radical (unpaired) electrons. The van der Waals surface area contributed by atoms with Gasteiger partial charge >= 0.3 is 5.97 Å². The average Bonchev–Trinajstić information content (AvgIpc) is 2.80. The molecular formula is C26H28N2O2. The zero-order chi connectivity index (χ0) is 20.8. The van der Waals surface area contributed by atoms with E-state index in [1.807, 2.05) is 25.4 Å². The smallest absolute Gasteiger partial charge is 0.310 e. The summed E-state index contributed by atoms with van der Waals surface area (Å²) in [6.07, 6.45) is 5.79. The topological polar surface area (TPSA) is 42.4 Å². The van der Waals surface area contributed by atoms with Crippen LogP contribution in [0.15, 0.2) is 73.1 Å². The van der Waals surface area contributed by atoms with E-state index in [1.165, 1.54) is 16.7 Å². The Morgan fingerprint density at radius 2 is 1.70 bits per heavy atom. The number of nitrogens with zero attached hydrogens (tertiary/aromatic N) is 2. The van der Waals surface area contributed by atoms with Gasteiger partial charge in [0.15, 0.2) is 0 Å². The highest BCUT2D eigenvalue weighted by Gasteiger charge is 2.26. The van der Waals surface area contributed by atoms with Gasteiger partial charge in [-0.2, -0.15) is 0 Å². The Morgan fingerprint density at radius 3 is 2.43 bits per heavy atom. The largest absolute Gasteiger partial charge is 0.466 e. The highest BCUT2D eigenvalue weighted by atomic mass is 16.5. The second-order valence-corrected chi connectivity index (χ2v) is 7.85.